The van der Waals surface area contributed by atoms with Crippen LogP contribution in [0.4, 0.5) is 0 Å². The third-order valence-electron chi connectivity index (χ3n) is 11.0. The van der Waals surface area contributed by atoms with Crippen LogP contribution in [0.2, 0.25) is 0 Å². The summed E-state index contributed by atoms with van der Waals surface area (Å²) >= 11 is 1.69. The molecule has 0 radical (unpaired) electrons. The Kier molecular flexibility index (Phi) is 6.46. The summed E-state index contributed by atoms with van der Waals surface area (Å²) < 4.78 is 0. The van der Waals surface area contributed by atoms with Crippen molar-refractivity contribution in [1.82, 2.24) is 5.32 Å². The lowest BCUT2D eigenvalue weighted by atomic mass is 9.43. The number of carbonyl (C=O) groups excluding carboxylic acids is 1. The maximum absolute atomic E-state index is 12.7. The molecule has 0 spiro atoms. The molecule has 1 amide bonds. The van der Waals surface area contributed by atoms with Gasteiger partial charge in [-0.25, -0.2) is 0 Å². The molecule has 4 fully saturated rings. The van der Waals surface area contributed by atoms with Crippen LogP contribution < -0.4 is 5.32 Å². The Morgan fingerprint density at radius 3 is 2.64 bits per heavy atom. The Bertz CT molecular complexity index is 842. The molecule has 4 aliphatic carbocycles. The summed E-state index contributed by atoms with van der Waals surface area (Å²) in [7, 11) is 0. The third kappa shape index (κ3) is 4.10. The molecule has 1 aromatic heterocycles. The lowest BCUT2D eigenvalue weighted by Gasteiger charge is -2.62. The molecular formula is C28H43NO3S. The zero-order chi connectivity index (χ0) is 23.4. The van der Waals surface area contributed by atoms with E-state index >= 15 is 0 Å². The fourth-order valence-corrected chi connectivity index (χ4v) is 9.93. The van der Waals surface area contributed by atoms with E-state index in [0.29, 0.717) is 48.5 Å². The molecule has 184 valence electrons. The van der Waals surface area contributed by atoms with Gasteiger partial charge in [-0.1, -0.05) is 26.8 Å². The summed E-state index contributed by atoms with van der Waals surface area (Å²) in [5.41, 5.74) is 0.503. The molecule has 5 heteroatoms. The lowest BCUT2D eigenvalue weighted by molar-refractivity contribution is -0.174. The average molecular weight is 474 g/mol. The highest BCUT2D eigenvalue weighted by Gasteiger charge is 2.62. The highest BCUT2D eigenvalue weighted by molar-refractivity contribution is 7.09. The van der Waals surface area contributed by atoms with Gasteiger partial charge in [-0.15, -0.1) is 11.3 Å². The summed E-state index contributed by atoms with van der Waals surface area (Å²) in [5.74, 6) is 3.11. The normalized spacial score (nSPS) is 45.5. The summed E-state index contributed by atoms with van der Waals surface area (Å²) in [6.45, 7) is 7.88. The van der Waals surface area contributed by atoms with Crippen molar-refractivity contribution in [3.8, 4) is 0 Å². The van der Waals surface area contributed by atoms with Crippen molar-refractivity contribution < 1.29 is 15.0 Å². The summed E-state index contributed by atoms with van der Waals surface area (Å²) in [6.07, 6.45) is 8.79. The largest absolute Gasteiger partial charge is 0.393 e. The molecule has 4 saturated carbocycles. The van der Waals surface area contributed by atoms with Crippen LogP contribution in [0.15, 0.2) is 17.5 Å². The van der Waals surface area contributed by atoms with E-state index in [0.717, 1.165) is 25.7 Å². The van der Waals surface area contributed by atoms with Crippen molar-refractivity contribution in [2.24, 2.45) is 46.3 Å². The van der Waals surface area contributed by atoms with E-state index in [1.54, 1.807) is 11.3 Å². The third-order valence-corrected chi connectivity index (χ3v) is 11.8. The van der Waals surface area contributed by atoms with Crippen LogP contribution in [0.1, 0.15) is 83.4 Å². The second-order valence-corrected chi connectivity index (χ2v) is 13.5. The molecule has 1 unspecified atom stereocenters. The minimum absolute atomic E-state index is 0.172. The first-order valence-corrected chi connectivity index (χ1v) is 14.3. The molecule has 0 saturated heterocycles. The van der Waals surface area contributed by atoms with Gasteiger partial charge in [-0.2, -0.15) is 0 Å². The van der Waals surface area contributed by atoms with E-state index in [9.17, 15) is 15.0 Å². The lowest BCUT2D eigenvalue weighted by Crippen LogP contribution is -2.58. The van der Waals surface area contributed by atoms with E-state index in [1.807, 2.05) is 6.07 Å². The molecule has 3 N–H and O–H groups in total. The molecule has 0 bridgehead atoms. The van der Waals surface area contributed by atoms with Gasteiger partial charge in [0.05, 0.1) is 18.8 Å². The van der Waals surface area contributed by atoms with Gasteiger partial charge in [0.15, 0.2) is 0 Å². The van der Waals surface area contributed by atoms with E-state index < -0.39 is 0 Å². The molecule has 4 nitrogen and oxygen atoms in total. The maximum Gasteiger partial charge on any atom is 0.220 e. The van der Waals surface area contributed by atoms with Gasteiger partial charge in [0, 0.05) is 11.3 Å². The number of hydrogen-bond donors (Lipinski definition) is 3. The second kappa shape index (κ2) is 8.95. The van der Waals surface area contributed by atoms with Gasteiger partial charge >= 0.3 is 0 Å². The summed E-state index contributed by atoms with van der Waals surface area (Å²) in [6, 6.07) is 4.10. The Balaban J connectivity index is 1.27. The van der Waals surface area contributed by atoms with Crippen LogP contribution in [0.3, 0.4) is 0 Å². The highest BCUT2D eigenvalue weighted by Crippen LogP contribution is 2.68. The van der Waals surface area contributed by atoms with Gasteiger partial charge in [-0.3, -0.25) is 4.79 Å². The van der Waals surface area contributed by atoms with Crippen molar-refractivity contribution in [1.29, 1.82) is 0 Å². The van der Waals surface area contributed by atoms with E-state index in [1.165, 1.54) is 30.6 Å². The number of aliphatic hydroxyl groups is 2. The van der Waals surface area contributed by atoms with E-state index in [2.05, 4.69) is 37.5 Å². The molecule has 1 aromatic rings. The molecule has 33 heavy (non-hydrogen) atoms. The number of aliphatic hydroxyl groups excluding tert-OH is 2. The molecule has 4 aliphatic rings. The Morgan fingerprint density at radius 1 is 1.12 bits per heavy atom. The number of fused-ring (bicyclic) bond motifs is 5. The highest BCUT2D eigenvalue weighted by atomic mass is 32.1. The molecule has 10 atom stereocenters. The molecule has 5 rings (SSSR count). The Labute approximate surface area is 203 Å². The quantitative estimate of drug-likeness (QED) is 0.538. The SMILES string of the molecule is C[C@H](CC(=O)NCc1cccs1)C1CC[C@H]2[C@@H]3[C@@H](O)C[C@@H]4C[C@H](O)CC[C@]4(C)[C@H]3CC[C@]12C. The zero-order valence-corrected chi connectivity index (χ0v) is 21.4. The smallest absolute Gasteiger partial charge is 0.220 e. The van der Waals surface area contributed by atoms with Crippen LogP contribution >= 0.6 is 11.3 Å². The standard InChI is InChI=1S/C28H43NO3S/c1-17(13-25(32)29-16-20-5-4-12-33-20)21-6-7-22-26-23(9-11-28(21,22)3)27(2)10-8-19(30)14-18(27)15-24(26)31/h4-5,12,17-19,21-24,26,30-31H,6-11,13-16H2,1-3H3,(H,29,32)/t17-,18+,19-,21?,22+,23+,24+,26+,27+,28-/m1/s1. The number of carbonyl (C=O) groups is 1. The van der Waals surface area contributed by atoms with Gasteiger partial charge in [-0.05, 0) is 109 Å². The monoisotopic (exact) mass is 473 g/mol. The van der Waals surface area contributed by atoms with Crippen LogP contribution in [0.25, 0.3) is 0 Å². The topological polar surface area (TPSA) is 69.6 Å². The van der Waals surface area contributed by atoms with Crippen molar-refractivity contribution in [2.75, 3.05) is 0 Å². The average Bonchev–Trinajstić information content (AvgIpc) is 3.41. The van der Waals surface area contributed by atoms with Gasteiger partial charge in [0.2, 0.25) is 5.91 Å². The minimum atomic E-state index is -0.230. The predicted molar refractivity (Wildman–Crippen MR) is 133 cm³/mol. The Morgan fingerprint density at radius 2 is 1.88 bits per heavy atom. The van der Waals surface area contributed by atoms with Crippen molar-refractivity contribution in [3.63, 3.8) is 0 Å². The van der Waals surface area contributed by atoms with Gasteiger partial charge < -0.3 is 15.5 Å². The maximum atomic E-state index is 12.7. The molecule has 0 aliphatic heterocycles. The van der Waals surface area contributed by atoms with Crippen LogP contribution in [0.5, 0.6) is 0 Å². The number of hydrogen-bond acceptors (Lipinski definition) is 4. The van der Waals surface area contributed by atoms with E-state index in [-0.39, 0.29) is 28.9 Å². The number of rotatable bonds is 5. The van der Waals surface area contributed by atoms with Crippen LogP contribution in [0, 0.1) is 46.3 Å². The van der Waals surface area contributed by atoms with E-state index in [4.69, 9.17) is 0 Å². The number of nitrogens with one attached hydrogen (secondary N) is 1. The van der Waals surface area contributed by atoms with Crippen molar-refractivity contribution >= 4 is 17.2 Å². The first-order chi connectivity index (χ1) is 15.7. The van der Waals surface area contributed by atoms with Crippen molar-refractivity contribution in [2.45, 2.75) is 97.3 Å². The fraction of sp³-hybridized carbons (Fsp3) is 0.821. The summed E-state index contributed by atoms with van der Waals surface area (Å²) in [5, 5.41) is 26.9. The molecular weight excluding hydrogens is 430 g/mol. The predicted octanol–water partition coefficient (Wildman–Crippen LogP) is 5.38. The summed E-state index contributed by atoms with van der Waals surface area (Å²) in [4.78, 5) is 13.9. The van der Waals surface area contributed by atoms with Crippen LogP contribution in [-0.4, -0.2) is 28.3 Å². The first-order valence-electron chi connectivity index (χ1n) is 13.4. The Hall–Kier alpha value is -0.910. The van der Waals surface area contributed by atoms with Gasteiger partial charge in [0.25, 0.3) is 0 Å². The first kappa shape index (κ1) is 23.8. The second-order valence-electron chi connectivity index (χ2n) is 12.5. The van der Waals surface area contributed by atoms with Gasteiger partial charge in [0.1, 0.15) is 0 Å². The molecule has 1 heterocycles. The number of amides is 1. The van der Waals surface area contributed by atoms with Crippen molar-refractivity contribution in [3.05, 3.63) is 22.4 Å². The number of thiophene rings is 1. The minimum Gasteiger partial charge on any atom is -0.393 e. The fourth-order valence-electron chi connectivity index (χ4n) is 9.28. The molecule has 0 aromatic carbocycles. The van der Waals surface area contributed by atoms with Crippen LogP contribution in [-0.2, 0) is 11.3 Å². The zero-order valence-electron chi connectivity index (χ0n) is 20.6.